The maximum Gasteiger partial charge on any atom is 0.355 e. The number of aromatic nitrogens is 4. The van der Waals surface area contributed by atoms with Gasteiger partial charge in [-0.2, -0.15) is 5.10 Å². The highest BCUT2D eigenvalue weighted by molar-refractivity contribution is 6.32. The van der Waals surface area contributed by atoms with Gasteiger partial charge in [0.25, 0.3) is 0 Å². The highest BCUT2D eigenvalue weighted by atomic mass is 35.5. The number of nitrogens with one attached hydrogen (secondary N) is 3. The molecule has 0 aliphatic carbocycles. The topological polar surface area (TPSA) is 108 Å². The SMILES string of the molecule is CC(C)(C)c1cc2c(NCc3nc(Cl)c(C(=O)O)n3[C@@H]3CCNC3)n[nH]c2cc1Cl. The Morgan fingerprint density at radius 3 is 2.77 bits per heavy atom. The van der Waals surface area contributed by atoms with Crippen molar-refractivity contribution in [1.29, 1.82) is 0 Å². The second-order valence-electron chi connectivity index (χ2n) is 8.54. The number of fused-ring (bicyclic) bond motifs is 1. The third kappa shape index (κ3) is 3.75. The summed E-state index contributed by atoms with van der Waals surface area (Å²) in [6.45, 7) is 8.11. The molecule has 0 unspecified atom stereocenters. The summed E-state index contributed by atoms with van der Waals surface area (Å²) in [5.74, 6) is 0.131. The van der Waals surface area contributed by atoms with E-state index in [1.54, 1.807) is 4.57 Å². The summed E-state index contributed by atoms with van der Waals surface area (Å²) in [7, 11) is 0. The first-order valence-electron chi connectivity index (χ1n) is 9.79. The van der Waals surface area contributed by atoms with Crippen LogP contribution in [0, 0.1) is 0 Å². The first kappa shape index (κ1) is 21.0. The molecule has 0 radical (unpaired) electrons. The van der Waals surface area contributed by atoms with E-state index >= 15 is 0 Å². The summed E-state index contributed by atoms with van der Waals surface area (Å²) in [5.41, 5.74) is 1.75. The van der Waals surface area contributed by atoms with E-state index in [2.05, 4.69) is 46.6 Å². The minimum atomic E-state index is -1.08. The lowest BCUT2D eigenvalue weighted by Crippen LogP contribution is -2.21. The molecule has 2 aromatic heterocycles. The summed E-state index contributed by atoms with van der Waals surface area (Å²) >= 11 is 12.6. The van der Waals surface area contributed by atoms with Gasteiger partial charge in [-0.3, -0.25) is 5.10 Å². The standard InChI is InChI=1S/C20H24Cl2N6O2/c1-20(2,3)12-6-11-14(7-13(12)21)26-27-18(11)24-9-15-25-17(22)16(19(29)30)28(15)10-4-5-23-8-10/h6-7,10,23H,4-5,8-9H2,1-3H3,(H,29,30)(H2,24,26,27)/t10-/m1/s1. The second-order valence-corrected chi connectivity index (χ2v) is 9.31. The van der Waals surface area contributed by atoms with Crippen molar-refractivity contribution < 1.29 is 9.90 Å². The number of hydrogen-bond acceptors (Lipinski definition) is 5. The van der Waals surface area contributed by atoms with Gasteiger partial charge >= 0.3 is 5.97 Å². The van der Waals surface area contributed by atoms with Crippen molar-refractivity contribution in [2.75, 3.05) is 18.4 Å². The van der Waals surface area contributed by atoms with Crippen molar-refractivity contribution in [3.63, 3.8) is 0 Å². The maximum absolute atomic E-state index is 11.8. The number of carboxylic acid groups (broad SMARTS) is 1. The summed E-state index contributed by atoms with van der Waals surface area (Å²) in [6.07, 6.45) is 0.818. The fraction of sp³-hybridized carbons (Fsp3) is 0.450. The van der Waals surface area contributed by atoms with Crippen LogP contribution in [0.5, 0.6) is 0 Å². The number of carbonyl (C=O) groups is 1. The summed E-state index contributed by atoms with van der Waals surface area (Å²) in [6, 6.07) is 3.90. The van der Waals surface area contributed by atoms with Gasteiger partial charge in [0.1, 0.15) is 5.82 Å². The van der Waals surface area contributed by atoms with E-state index in [4.69, 9.17) is 23.2 Å². The van der Waals surface area contributed by atoms with Crippen molar-refractivity contribution >= 4 is 45.9 Å². The molecule has 1 fully saturated rings. The molecule has 10 heteroatoms. The normalized spacial score (nSPS) is 17.0. The number of carboxylic acids is 1. The molecule has 1 aromatic carbocycles. The zero-order chi connectivity index (χ0) is 21.6. The second kappa shape index (κ2) is 7.76. The minimum absolute atomic E-state index is 0.000105. The Balaban J connectivity index is 1.68. The zero-order valence-corrected chi connectivity index (χ0v) is 18.5. The van der Waals surface area contributed by atoms with Gasteiger partial charge in [-0.15, -0.1) is 0 Å². The average Bonchev–Trinajstić information content (AvgIpc) is 3.36. The molecule has 4 N–H and O–H groups in total. The van der Waals surface area contributed by atoms with Crippen molar-refractivity contribution in [3.05, 3.63) is 39.4 Å². The third-order valence-corrected chi connectivity index (χ3v) is 5.99. The van der Waals surface area contributed by atoms with Crippen LogP contribution in [0.25, 0.3) is 10.9 Å². The van der Waals surface area contributed by atoms with E-state index in [1.165, 1.54) is 0 Å². The first-order chi connectivity index (χ1) is 14.2. The van der Waals surface area contributed by atoms with E-state index in [1.807, 2.05) is 12.1 Å². The quantitative estimate of drug-likeness (QED) is 0.463. The van der Waals surface area contributed by atoms with Crippen molar-refractivity contribution in [2.45, 2.75) is 45.2 Å². The smallest absolute Gasteiger partial charge is 0.355 e. The third-order valence-electron chi connectivity index (χ3n) is 5.42. The van der Waals surface area contributed by atoms with Gasteiger partial charge in [-0.05, 0) is 36.1 Å². The van der Waals surface area contributed by atoms with Crippen LogP contribution in [-0.2, 0) is 12.0 Å². The summed E-state index contributed by atoms with van der Waals surface area (Å²) in [4.78, 5) is 16.1. The van der Waals surface area contributed by atoms with Gasteiger partial charge in [-0.1, -0.05) is 44.0 Å². The van der Waals surface area contributed by atoms with Gasteiger partial charge in [0.15, 0.2) is 16.7 Å². The number of aromatic amines is 1. The Hall–Kier alpha value is -2.29. The zero-order valence-electron chi connectivity index (χ0n) is 17.0. The van der Waals surface area contributed by atoms with Gasteiger partial charge in [0.2, 0.25) is 0 Å². The van der Waals surface area contributed by atoms with Gasteiger partial charge in [0.05, 0.1) is 12.1 Å². The molecule has 30 heavy (non-hydrogen) atoms. The summed E-state index contributed by atoms with van der Waals surface area (Å²) in [5, 5.41) is 25.1. The van der Waals surface area contributed by atoms with E-state index in [9.17, 15) is 9.90 Å². The lowest BCUT2D eigenvalue weighted by Gasteiger charge is -2.20. The maximum atomic E-state index is 11.8. The van der Waals surface area contributed by atoms with Crippen LogP contribution in [0.4, 0.5) is 5.82 Å². The molecular weight excluding hydrogens is 427 g/mol. The van der Waals surface area contributed by atoms with E-state index < -0.39 is 5.97 Å². The fourth-order valence-corrected chi connectivity index (χ4v) is 4.64. The van der Waals surface area contributed by atoms with E-state index in [0.717, 1.165) is 29.4 Å². The molecule has 4 rings (SSSR count). The van der Waals surface area contributed by atoms with Crippen LogP contribution in [-0.4, -0.2) is 43.9 Å². The molecule has 0 saturated carbocycles. The fourth-order valence-electron chi connectivity index (χ4n) is 3.93. The van der Waals surface area contributed by atoms with Crippen molar-refractivity contribution in [1.82, 2.24) is 25.1 Å². The number of rotatable bonds is 5. The molecule has 1 saturated heterocycles. The number of imidazole rings is 1. The largest absolute Gasteiger partial charge is 0.476 e. The lowest BCUT2D eigenvalue weighted by atomic mass is 9.86. The Labute approximate surface area is 184 Å². The minimum Gasteiger partial charge on any atom is -0.476 e. The number of nitrogens with zero attached hydrogens (tertiary/aromatic N) is 3. The molecule has 0 bridgehead atoms. The van der Waals surface area contributed by atoms with Crippen LogP contribution in [0.1, 0.15) is 55.1 Å². The number of H-pyrrole nitrogens is 1. The summed E-state index contributed by atoms with van der Waals surface area (Å²) < 4.78 is 1.73. The molecule has 8 nitrogen and oxygen atoms in total. The molecule has 0 spiro atoms. The molecule has 160 valence electrons. The molecule has 3 heterocycles. The van der Waals surface area contributed by atoms with Crippen LogP contribution in [0.15, 0.2) is 12.1 Å². The monoisotopic (exact) mass is 450 g/mol. The molecule has 1 atom stereocenters. The molecule has 0 amide bonds. The van der Waals surface area contributed by atoms with Gasteiger partial charge < -0.3 is 20.3 Å². The first-order valence-corrected chi connectivity index (χ1v) is 10.5. The van der Waals surface area contributed by atoms with Crippen molar-refractivity contribution in [2.24, 2.45) is 0 Å². The number of aromatic carboxylic acids is 1. The molecule has 3 aromatic rings. The molecule has 1 aliphatic heterocycles. The van der Waals surface area contributed by atoms with E-state index in [0.29, 0.717) is 23.2 Å². The van der Waals surface area contributed by atoms with E-state index in [-0.39, 0.29) is 28.8 Å². The average molecular weight is 451 g/mol. The molecular formula is C20H24Cl2N6O2. The number of halogens is 2. The molecule has 1 aliphatic rings. The van der Waals surface area contributed by atoms with Gasteiger partial charge in [-0.25, -0.2) is 9.78 Å². The predicted molar refractivity (Wildman–Crippen MR) is 118 cm³/mol. The van der Waals surface area contributed by atoms with Crippen molar-refractivity contribution in [3.8, 4) is 0 Å². The highest BCUT2D eigenvalue weighted by Gasteiger charge is 2.28. The number of benzene rings is 1. The predicted octanol–water partition coefficient (Wildman–Crippen LogP) is 4.21. The Morgan fingerprint density at radius 1 is 1.37 bits per heavy atom. The van der Waals surface area contributed by atoms with Crippen LogP contribution in [0.3, 0.4) is 0 Å². The number of hydrogen-bond donors (Lipinski definition) is 4. The highest BCUT2D eigenvalue weighted by Crippen LogP contribution is 2.35. The van der Waals surface area contributed by atoms with Crippen LogP contribution in [0.2, 0.25) is 10.2 Å². The lowest BCUT2D eigenvalue weighted by molar-refractivity contribution is 0.0682. The van der Waals surface area contributed by atoms with Crippen LogP contribution < -0.4 is 10.6 Å². The Kier molecular flexibility index (Phi) is 5.42. The Bertz CT molecular complexity index is 1110. The van der Waals surface area contributed by atoms with Crippen LogP contribution >= 0.6 is 23.2 Å². The number of anilines is 1. The Morgan fingerprint density at radius 2 is 2.13 bits per heavy atom. The van der Waals surface area contributed by atoms with Gasteiger partial charge in [0, 0.05) is 23.0 Å².